The summed E-state index contributed by atoms with van der Waals surface area (Å²) < 4.78 is 27.7. The van der Waals surface area contributed by atoms with Crippen LogP contribution in [0.2, 0.25) is 0 Å². The number of piperazine rings is 1. The highest BCUT2D eigenvalue weighted by Crippen LogP contribution is 2.36. The predicted octanol–water partition coefficient (Wildman–Crippen LogP) is 2.75. The van der Waals surface area contributed by atoms with Gasteiger partial charge in [-0.15, -0.1) is 11.3 Å². The maximum atomic E-state index is 13.4. The second-order valence-electron chi connectivity index (χ2n) is 7.91. The number of thiophene rings is 1. The molecule has 0 unspecified atom stereocenters. The molecule has 4 rings (SSSR count). The maximum Gasteiger partial charge on any atom is 0.254 e. The number of hydrogen-bond acceptors (Lipinski definition) is 5. The Kier molecular flexibility index (Phi) is 6.18. The summed E-state index contributed by atoms with van der Waals surface area (Å²) in [5.41, 5.74) is 1.60. The molecule has 2 amide bonds. The largest absolute Gasteiger partial charge is 0.340 e. The lowest BCUT2D eigenvalue weighted by Gasteiger charge is -2.36. The molecule has 3 heterocycles. The molecule has 0 bridgehead atoms. The number of sulfonamides is 1. The highest BCUT2D eigenvalue weighted by atomic mass is 32.2. The number of carbonyl (C=O) groups excluding carboxylic acids is 2. The molecule has 2 aliphatic rings. The van der Waals surface area contributed by atoms with Gasteiger partial charge in [-0.3, -0.25) is 9.59 Å². The van der Waals surface area contributed by atoms with Crippen LogP contribution in [0.4, 0.5) is 0 Å². The van der Waals surface area contributed by atoms with Crippen molar-refractivity contribution >= 4 is 33.2 Å². The molecule has 0 aliphatic carbocycles. The van der Waals surface area contributed by atoms with Crippen molar-refractivity contribution in [1.82, 2.24) is 14.1 Å². The molecule has 0 radical (unpaired) electrons. The molecule has 0 saturated carbocycles. The topological polar surface area (TPSA) is 78.0 Å². The zero-order valence-corrected chi connectivity index (χ0v) is 19.4. The van der Waals surface area contributed by atoms with Gasteiger partial charge in [0.05, 0.1) is 10.9 Å². The van der Waals surface area contributed by atoms with Gasteiger partial charge in [0.15, 0.2) is 0 Å². The monoisotopic (exact) mass is 461 g/mol. The third-order valence-corrected chi connectivity index (χ3v) is 9.04. The van der Waals surface area contributed by atoms with Crippen molar-refractivity contribution in [2.75, 3.05) is 32.7 Å². The van der Waals surface area contributed by atoms with E-state index in [4.69, 9.17) is 0 Å². The van der Waals surface area contributed by atoms with Crippen LogP contribution in [0.3, 0.4) is 0 Å². The summed E-state index contributed by atoms with van der Waals surface area (Å²) in [6.45, 7) is 5.46. The Morgan fingerprint density at radius 2 is 1.84 bits per heavy atom. The van der Waals surface area contributed by atoms with E-state index < -0.39 is 10.0 Å². The van der Waals surface area contributed by atoms with Crippen molar-refractivity contribution in [2.45, 2.75) is 37.6 Å². The molecule has 1 aromatic heterocycles. The molecule has 31 heavy (non-hydrogen) atoms. The number of rotatable bonds is 4. The van der Waals surface area contributed by atoms with Crippen LogP contribution in [-0.4, -0.2) is 67.1 Å². The van der Waals surface area contributed by atoms with E-state index in [9.17, 15) is 18.0 Å². The molecule has 1 atom stereocenters. The Morgan fingerprint density at radius 3 is 2.52 bits per heavy atom. The zero-order chi connectivity index (χ0) is 22.2. The molecule has 7 nitrogen and oxygen atoms in total. The third kappa shape index (κ3) is 4.14. The summed E-state index contributed by atoms with van der Waals surface area (Å²) in [7, 11) is -3.73. The van der Waals surface area contributed by atoms with Crippen LogP contribution in [-0.2, 0) is 21.2 Å². The molecule has 0 N–H and O–H groups in total. The normalized spacial score (nSPS) is 19.9. The number of amides is 2. The fourth-order valence-electron chi connectivity index (χ4n) is 4.43. The molecule has 2 aromatic rings. The Bertz CT molecular complexity index is 1090. The first-order chi connectivity index (χ1) is 14.8. The van der Waals surface area contributed by atoms with Gasteiger partial charge in [0.25, 0.3) is 5.91 Å². The summed E-state index contributed by atoms with van der Waals surface area (Å²) in [6, 6.07) is 8.45. The van der Waals surface area contributed by atoms with E-state index in [1.54, 1.807) is 28.4 Å². The van der Waals surface area contributed by atoms with Gasteiger partial charge in [0.1, 0.15) is 0 Å². The quantitative estimate of drug-likeness (QED) is 0.702. The fourth-order valence-corrected chi connectivity index (χ4v) is 6.82. The van der Waals surface area contributed by atoms with Gasteiger partial charge in [-0.1, -0.05) is 13.0 Å². The SMILES string of the molecule is CC[C@H]1c2ccsc2CCN1C(=O)c1cccc(S(=O)(=O)N2CCN(C(C)=O)CC2)c1. The third-order valence-electron chi connectivity index (χ3n) is 6.15. The van der Waals surface area contributed by atoms with Gasteiger partial charge in [0, 0.05) is 50.1 Å². The first-order valence-electron chi connectivity index (χ1n) is 10.6. The predicted molar refractivity (Wildman–Crippen MR) is 120 cm³/mol. The summed E-state index contributed by atoms with van der Waals surface area (Å²) in [4.78, 5) is 29.8. The van der Waals surface area contributed by atoms with Crippen molar-refractivity contribution in [2.24, 2.45) is 0 Å². The van der Waals surface area contributed by atoms with Crippen LogP contribution in [0.15, 0.2) is 40.6 Å². The zero-order valence-electron chi connectivity index (χ0n) is 17.8. The minimum Gasteiger partial charge on any atom is -0.340 e. The van der Waals surface area contributed by atoms with Crippen LogP contribution in [0, 0.1) is 0 Å². The molecule has 166 valence electrons. The van der Waals surface area contributed by atoms with E-state index in [1.807, 2.05) is 4.90 Å². The lowest BCUT2D eigenvalue weighted by Crippen LogP contribution is -2.49. The summed E-state index contributed by atoms with van der Waals surface area (Å²) in [6.07, 6.45) is 1.64. The number of benzene rings is 1. The standard InChI is InChI=1S/C22H27N3O4S2/c1-3-20-19-8-14-30-21(19)7-9-25(20)22(27)17-5-4-6-18(15-17)31(28,29)24-12-10-23(11-13-24)16(2)26/h4-6,8,14-15,20H,3,7,9-13H2,1-2H3/t20-/m0/s1. The van der Waals surface area contributed by atoms with Crippen molar-refractivity contribution in [1.29, 1.82) is 0 Å². The van der Waals surface area contributed by atoms with Crippen molar-refractivity contribution in [3.05, 3.63) is 51.7 Å². The summed E-state index contributed by atoms with van der Waals surface area (Å²) >= 11 is 1.73. The maximum absolute atomic E-state index is 13.4. The molecule has 2 aliphatic heterocycles. The van der Waals surface area contributed by atoms with Gasteiger partial charge in [-0.25, -0.2) is 8.42 Å². The highest BCUT2D eigenvalue weighted by Gasteiger charge is 2.33. The number of nitrogens with zero attached hydrogens (tertiary/aromatic N) is 3. The molecule has 1 aromatic carbocycles. The smallest absolute Gasteiger partial charge is 0.254 e. The van der Waals surface area contributed by atoms with Crippen LogP contribution in [0.25, 0.3) is 0 Å². The van der Waals surface area contributed by atoms with Crippen LogP contribution in [0.5, 0.6) is 0 Å². The molecule has 1 saturated heterocycles. The van der Waals surface area contributed by atoms with E-state index in [0.717, 1.165) is 12.8 Å². The first-order valence-corrected chi connectivity index (χ1v) is 12.9. The van der Waals surface area contributed by atoms with Gasteiger partial charge < -0.3 is 9.80 Å². The van der Waals surface area contributed by atoms with Crippen LogP contribution >= 0.6 is 11.3 Å². The van der Waals surface area contributed by atoms with E-state index in [1.165, 1.54) is 33.8 Å². The number of fused-ring (bicyclic) bond motifs is 1. The van der Waals surface area contributed by atoms with Gasteiger partial charge in [0.2, 0.25) is 15.9 Å². The van der Waals surface area contributed by atoms with Crippen molar-refractivity contribution < 1.29 is 18.0 Å². The molecular formula is C22H27N3O4S2. The average Bonchev–Trinajstić information content (AvgIpc) is 3.27. The van der Waals surface area contributed by atoms with Crippen LogP contribution in [0.1, 0.15) is 47.1 Å². The van der Waals surface area contributed by atoms with Crippen molar-refractivity contribution in [3.8, 4) is 0 Å². The highest BCUT2D eigenvalue weighted by molar-refractivity contribution is 7.89. The Hall–Kier alpha value is -2.23. The number of carbonyl (C=O) groups is 2. The molecule has 1 fully saturated rings. The van der Waals surface area contributed by atoms with Gasteiger partial charge >= 0.3 is 0 Å². The van der Waals surface area contributed by atoms with Crippen molar-refractivity contribution in [3.63, 3.8) is 0 Å². The Morgan fingerprint density at radius 1 is 1.10 bits per heavy atom. The average molecular weight is 462 g/mol. The van der Waals surface area contributed by atoms with E-state index in [2.05, 4.69) is 18.4 Å². The Balaban J connectivity index is 1.56. The van der Waals surface area contributed by atoms with E-state index in [0.29, 0.717) is 25.2 Å². The van der Waals surface area contributed by atoms with Gasteiger partial charge in [-0.05, 0) is 48.1 Å². The number of hydrogen-bond donors (Lipinski definition) is 0. The second kappa shape index (κ2) is 8.72. The van der Waals surface area contributed by atoms with Crippen LogP contribution < -0.4 is 0 Å². The minimum absolute atomic E-state index is 0.0161. The first kappa shape index (κ1) is 22.0. The lowest BCUT2D eigenvalue weighted by molar-refractivity contribution is -0.129. The van der Waals surface area contributed by atoms with Gasteiger partial charge in [-0.2, -0.15) is 4.31 Å². The lowest BCUT2D eigenvalue weighted by atomic mass is 9.97. The minimum atomic E-state index is -3.73. The molecule has 0 spiro atoms. The summed E-state index contributed by atoms with van der Waals surface area (Å²) in [5.74, 6) is -0.187. The van der Waals surface area contributed by atoms with E-state index >= 15 is 0 Å². The molecule has 9 heteroatoms. The molecular weight excluding hydrogens is 434 g/mol. The van der Waals surface area contributed by atoms with E-state index in [-0.39, 0.29) is 35.8 Å². The fraction of sp³-hybridized carbons (Fsp3) is 0.455. The summed E-state index contributed by atoms with van der Waals surface area (Å²) in [5, 5.41) is 2.07. The second-order valence-corrected chi connectivity index (χ2v) is 10.8. The Labute approximate surface area is 187 Å².